The number of aryl methyl sites for hydroxylation is 1. The molecule has 2 aromatic heterocycles. The first-order valence-electron chi connectivity index (χ1n) is 13.2. The Morgan fingerprint density at radius 2 is 1.97 bits per heavy atom. The maximum atomic E-state index is 12.0. The summed E-state index contributed by atoms with van der Waals surface area (Å²) in [4.78, 5) is 21.0. The van der Waals surface area contributed by atoms with Crippen molar-refractivity contribution < 1.29 is 14.4 Å². The van der Waals surface area contributed by atoms with Crippen LogP contribution in [-0.2, 0) is 4.74 Å². The van der Waals surface area contributed by atoms with Gasteiger partial charge in [-0.1, -0.05) is 6.07 Å². The Morgan fingerprint density at radius 1 is 1.18 bits per heavy atom. The lowest BCUT2D eigenvalue weighted by atomic mass is 9.96. The van der Waals surface area contributed by atoms with Crippen LogP contribution in [0.2, 0.25) is 0 Å². The quantitative estimate of drug-likeness (QED) is 0.240. The summed E-state index contributed by atoms with van der Waals surface area (Å²) < 4.78 is 12.7. The fraction of sp³-hybridized carbons (Fsp3) is 0.429. The number of pyridine rings is 1. The molecule has 1 aromatic carbocycles. The molecule has 2 atom stereocenters. The zero-order valence-electron chi connectivity index (χ0n) is 22.5. The first-order chi connectivity index (χ1) is 18.9. The van der Waals surface area contributed by atoms with Gasteiger partial charge < -0.3 is 24.3 Å². The van der Waals surface area contributed by atoms with E-state index < -0.39 is 0 Å². The van der Waals surface area contributed by atoms with Crippen molar-refractivity contribution in [2.24, 2.45) is 0 Å². The summed E-state index contributed by atoms with van der Waals surface area (Å²) in [6.07, 6.45) is 2.75. The van der Waals surface area contributed by atoms with Gasteiger partial charge >= 0.3 is 0 Å². The van der Waals surface area contributed by atoms with E-state index in [9.17, 15) is 10.1 Å². The molecule has 2 saturated heterocycles. The zero-order valence-corrected chi connectivity index (χ0v) is 23.3. The first-order valence-corrected chi connectivity index (χ1v) is 13.6. The smallest absolute Gasteiger partial charge is 0.296 e. The Hall–Kier alpha value is -3.54. The first kappa shape index (κ1) is 27.0. The van der Waals surface area contributed by atoms with Gasteiger partial charge in [0.1, 0.15) is 11.4 Å². The molecule has 0 saturated carbocycles. The van der Waals surface area contributed by atoms with Crippen LogP contribution in [0.5, 0.6) is 5.75 Å². The Balaban J connectivity index is 1.52. The number of nitro groups is 1. The van der Waals surface area contributed by atoms with Crippen molar-refractivity contribution in [1.82, 2.24) is 24.7 Å². The molecule has 206 valence electrons. The summed E-state index contributed by atoms with van der Waals surface area (Å²) in [5.41, 5.74) is 4.29. The van der Waals surface area contributed by atoms with Crippen LogP contribution in [0.3, 0.4) is 0 Å². The van der Waals surface area contributed by atoms with E-state index in [1.54, 1.807) is 18.3 Å². The third-order valence-corrected chi connectivity index (χ3v) is 7.94. The second-order valence-electron chi connectivity index (χ2n) is 9.90. The van der Waals surface area contributed by atoms with Crippen LogP contribution in [0, 0.1) is 24.0 Å². The highest BCUT2D eigenvalue weighted by Gasteiger charge is 2.41. The number of thiocarbonyl (C=S) groups is 1. The summed E-state index contributed by atoms with van der Waals surface area (Å²) in [6, 6.07) is 12.7. The minimum atomic E-state index is -0.364. The highest BCUT2D eigenvalue weighted by Crippen LogP contribution is 2.42. The number of benzene rings is 1. The topological polar surface area (TPSA) is 97.9 Å². The number of hydrogen-bond donors (Lipinski definition) is 1. The van der Waals surface area contributed by atoms with Crippen LogP contribution in [0.15, 0.2) is 48.7 Å². The fourth-order valence-electron chi connectivity index (χ4n) is 5.70. The molecule has 2 aliphatic heterocycles. The number of methoxy groups -OCH3 is 1. The second-order valence-corrected chi connectivity index (χ2v) is 10.3. The van der Waals surface area contributed by atoms with Crippen LogP contribution in [0.1, 0.15) is 41.1 Å². The monoisotopic (exact) mass is 550 g/mol. The molecule has 4 heterocycles. The predicted octanol–water partition coefficient (Wildman–Crippen LogP) is 4.10. The Labute approximate surface area is 233 Å². The van der Waals surface area contributed by atoms with Crippen LogP contribution in [-0.4, -0.2) is 75.9 Å². The van der Waals surface area contributed by atoms with Crippen molar-refractivity contribution in [3.05, 3.63) is 81.4 Å². The van der Waals surface area contributed by atoms with Crippen molar-refractivity contribution in [3.8, 4) is 11.4 Å². The molecule has 3 aromatic rings. The lowest BCUT2D eigenvalue weighted by Crippen LogP contribution is -2.39. The van der Waals surface area contributed by atoms with Gasteiger partial charge in [-0.3, -0.25) is 20.0 Å². The molecule has 39 heavy (non-hydrogen) atoms. The van der Waals surface area contributed by atoms with Gasteiger partial charge in [-0.15, -0.1) is 0 Å². The number of rotatable bonds is 9. The van der Waals surface area contributed by atoms with E-state index in [1.807, 2.05) is 36.6 Å². The minimum Gasteiger partial charge on any atom is -0.496 e. The van der Waals surface area contributed by atoms with Crippen molar-refractivity contribution in [2.45, 2.75) is 32.4 Å². The number of aromatic nitrogens is 2. The van der Waals surface area contributed by atoms with Gasteiger partial charge in [0.15, 0.2) is 5.11 Å². The van der Waals surface area contributed by atoms with E-state index >= 15 is 0 Å². The average Bonchev–Trinajstić information content (AvgIpc) is 3.43. The summed E-state index contributed by atoms with van der Waals surface area (Å²) in [6.45, 7) is 9.19. The molecule has 0 radical (unpaired) electrons. The highest BCUT2D eigenvalue weighted by molar-refractivity contribution is 7.80. The van der Waals surface area contributed by atoms with E-state index in [-0.39, 0.29) is 22.7 Å². The highest BCUT2D eigenvalue weighted by atomic mass is 32.1. The van der Waals surface area contributed by atoms with Gasteiger partial charge in [0.05, 0.1) is 49.1 Å². The third-order valence-electron chi connectivity index (χ3n) is 7.58. The van der Waals surface area contributed by atoms with E-state index in [4.69, 9.17) is 21.7 Å². The molecule has 0 bridgehead atoms. The van der Waals surface area contributed by atoms with Crippen molar-refractivity contribution in [3.63, 3.8) is 0 Å². The molecule has 0 aliphatic carbocycles. The molecular formula is C28H34N6O4S. The van der Waals surface area contributed by atoms with Crippen LogP contribution in [0.25, 0.3) is 5.69 Å². The third kappa shape index (κ3) is 5.47. The lowest BCUT2D eigenvalue weighted by molar-refractivity contribution is -0.384. The van der Waals surface area contributed by atoms with Crippen LogP contribution in [0.4, 0.5) is 5.69 Å². The standard InChI is InChI=1S/C28H34N6O4S/c1-19-17-22(20(2)33(19)24-9-8-21(37-3)18-25(24)34(35)36)27-26(23-7-4-5-10-29-23)30-28(39)32(27)12-6-11-31-13-15-38-16-14-31/h4-5,7-10,17-18,26-27H,6,11-16H2,1-3H3,(H,30,39)/t26-,27+/m1/s1. The molecule has 11 heteroatoms. The van der Waals surface area contributed by atoms with E-state index in [0.29, 0.717) is 16.5 Å². The Bertz CT molecular complexity index is 1340. The largest absolute Gasteiger partial charge is 0.496 e. The van der Waals surface area contributed by atoms with Crippen LogP contribution >= 0.6 is 12.2 Å². The molecular weight excluding hydrogens is 516 g/mol. The second kappa shape index (κ2) is 11.7. The molecule has 0 spiro atoms. The average molecular weight is 551 g/mol. The molecule has 2 fully saturated rings. The number of hydrogen-bond acceptors (Lipinski definition) is 7. The number of ether oxygens (including phenoxy) is 2. The van der Waals surface area contributed by atoms with Gasteiger partial charge in [0.25, 0.3) is 5.69 Å². The molecule has 5 rings (SSSR count). The number of nitrogens with one attached hydrogen (secondary N) is 1. The van der Waals surface area contributed by atoms with Gasteiger partial charge in [-0.25, -0.2) is 0 Å². The van der Waals surface area contributed by atoms with Gasteiger partial charge in [-0.05, 0) is 68.4 Å². The van der Waals surface area contributed by atoms with Crippen molar-refractivity contribution >= 4 is 23.0 Å². The van der Waals surface area contributed by atoms with E-state index in [0.717, 1.165) is 68.5 Å². The van der Waals surface area contributed by atoms with Gasteiger partial charge in [0, 0.05) is 43.8 Å². The summed E-state index contributed by atoms with van der Waals surface area (Å²) >= 11 is 5.87. The molecule has 0 unspecified atom stereocenters. The lowest BCUT2D eigenvalue weighted by Gasteiger charge is -2.30. The zero-order chi connectivity index (χ0) is 27.5. The maximum absolute atomic E-state index is 12.0. The fourth-order valence-corrected chi connectivity index (χ4v) is 6.03. The molecule has 1 N–H and O–H groups in total. The summed E-state index contributed by atoms with van der Waals surface area (Å²) in [5, 5.41) is 16.2. The van der Waals surface area contributed by atoms with Gasteiger partial charge in [0.2, 0.25) is 0 Å². The normalized spacial score (nSPS) is 19.8. The summed E-state index contributed by atoms with van der Waals surface area (Å²) in [5.74, 6) is 0.445. The Morgan fingerprint density at radius 3 is 2.67 bits per heavy atom. The van der Waals surface area contributed by atoms with Crippen LogP contribution < -0.4 is 10.1 Å². The number of morpholine rings is 1. The van der Waals surface area contributed by atoms with E-state index in [1.165, 1.54) is 13.2 Å². The maximum Gasteiger partial charge on any atom is 0.296 e. The summed E-state index contributed by atoms with van der Waals surface area (Å²) in [7, 11) is 1.50. The molecule has 0 amide bonds. The van der Waals surface area contributed by atoms with Gasteiger partial charge in [-0.2, -0.15) is 0 Å². The molecule has 2 aliphatic rings. The SMILES string of the molecule is COc1ccc(-n2c(C)cc([C@H]3[C@@H](c4ccccn4)NC(=S)N3CCCN3CCOCC3)c2C)c([N+](=O)[O-])c1. The van der Waals surface area contributed by atoms with Crippen molar-refractivity contribution in [1.29, 1.82) is 0 Å². The number of nitrogens with zero attached hydrogens (tertiary/aromatic N) is 5. The predicted molar refractivity (Wildman–Crippen MR) is 152 cm³/mol. The van der Waals surface area contributed by atoms with Crippen molar-refractivity contribution in [2.75, 3.05) is 46.5 Å². The van der Waals surface area contributed by atoms with E-state index in [2.05, 4.69) is 26.2 Å². The molecule has 10 nitrogen and oxygen atoms in total. The minimum absolute atomic E-state index is 0.00795. The number of nitro benzene ring substituents is 1. The Kier molecular flexibility index (Phi) is 8.10.